The van der Waals surface area contributed by atoms with Crippen LogP contribution in [0.25, 0.3) is 0 Å². The Labute approximate surface area is 159 Å². The summed E-state index contributed by atoms with van der Waals surface area (Å²) in [6.07, 6.45) is 2.35. The third-order valence-electron chi connectivity index (χ3n) is 4.68. The molecule has 1 aliphatic rings. The Hall–Kier alpha value is -3.02. The number of rotatable bonds is 5. The van der Waals surface area contributed by atoms with E-state index in [0.717, 1.165) is 24.1 Å². The lowest BCUT2D eigenvalue weighted by Crippen LogP contribution is -2.35. The van der Waals surface area contributed by atoms with Crippen molar-refractivity contribution < 1.29 is 19.1 Å². The van der Waals surface area contributed by atoms with Crippen LogP contribution in [0.5, 0.6) is 11.5 Å². The average Bonchev–Trinajstić information content (AvgIpc) is 2.72. The summed E-state index contributed by atoms with van der Waals surface area (Å²) in [5, 5.41) is 2.90. The molecule has 2 aromatic rings. The van der Waals surface area contributed by atoms with E-state index in [1.165, 1.54) is 0 Å². The number of nitrogens with zero attached hydrogens (tertiary/aromatic N) is 1. The molecule has 1 N–H and O–H groups in total. The van der Waals surface area contributed by atoms with E-state index >= 15 is 0 Å². The Morgan fingerprint density at radius 2 is 1.78 bits per heavy atom. The number of ether oxygens (including phenoxy) is 2. The van der Waals surface area contributed by atoms with Crippen LogP contribution >= 0.6 is 0 Å². The van der Waals surface area contributed by atoms with Gasteiger partial charge in [0.15, 0.2) is 0 Å². The topological polar surface area (TPSA) is 67.9 Å². The van der Waals surface area contributed by atoms with E-state index in [1.807, 2.05) is 30.0 Å². The molecule has 0 atom stereocenters. The molecule has 0 aromatic heterocycles. The molecular weight excluding hydrogens is 344 g/mol. The number of nitrogens with one attached hydrogen (secondary N) is 1. The van der Waals surface area contributed by atoms with Gasteiger partial charge in [-0.3, -0.25) is 9.59 Å². The lowest BCUT2D eigenvalue weighted by atomic mass is 10.0. The molecule has 0 fully saturated rings. The van der Waals surface area contributed by atoms with Crippen LogP contribution in [-0.2, 0) is 11.2 Å². The molecule has 0 saturated heterocycles. The summed E-state index contributed by atoms with van der Waals surface area (Å²) in [6, 6.07) is 10.7. The van der Waals surface area contributed by atoms with Crippen molar-refractivity contribution in [1.82, 2.24) is 0 Å². The summed E-state index contributed by atoms with van der Waals surface area (Å²) >= 11 is 0. The Morgan fingerprint density at radius 3 is 2.41 bits per heavy atom. The van der Waals surface area contributed by atoms with Crippen LogP contribution in [0.1, 0.15) is 35.7 Å². The molecule has 6 nitrogen and oxygen atoms in total. The maximum absolute atomic E-state index is 12.7. The number of benzene rings is 2. The molecule has 27 heavy (non-hydrogen) atoms. The van der Waals surface area contributed by atoms with Gasteiger partial charge in [-0.1, -0.05) is 13.0 Å². The van der Waals surface area contributed by atoms with Gasteiger partial charge in [0.2, 0.25) is 5.91 Å². The molecule has 1 heterocycles. The molecule has 0 bridgehead atoms. The number of aryl methyl sites for hydroxylation is 1. The van der Waals surface area contributed by atoms with Crippen LogP contribution in [0, 0.1) is 0 Å². The third kappa shape index (κ3) is 4.05. The molecule has 0 unspecified atom stereocenters. The summed E-state index contributed by atoms with van der Waals surface area (Å²) in [5.41, 5.74) is 3.10. The van der Waals surface area contributed by atoms with Crippen molar-refractivity contribution in [3.8, 4) is 11.5 Å². The molecule has 0 saturated carbocycles. The normalized spacial score (nSPS) is 12.9. The fourth-order valence-corrected chi connectivity index (χ4v) is 3.24. The largest absolute Gasteiger partial charge is 0.497 e. The number of hydrogen-bond donors (Lipinski definition) is 1. The van der Waals surface area contributed by atoms with Gasteiger partial charge in [0, 0.05) is 36.0 Å². The number of anilines is 2. The molecule has 1 aliphatic heterocycles. The second-order valence-corrected chi connectivity index (χ2v) is 6.40. The highest BCUT2D eigenvalue weighted by atomic mass is 16.5. The molecule has 3 rings (SSSR count). The molecule has 0 radical (unpaired) electrons. The third-order valence-corrected chi connectivity index (χ3v) is 4.68. The molecule has 0 spiro atoms. The van der Waals surface area contributed by atoms with E-state index in [9.17, 15) is 9.59 Å². The smallest absolute Gasteiger partial charge is 0.255 e. The van der Waals surface area contributed by atoms with Gasteiger partial charge >= 0.3 is 0 Å². The highest BCUT2D eigenvalue weighted by Crippen LogP contribution is 2.31. The zero-order valence-corrected chi connectivity index (χ0v) is 15.9. The van der Waals surface area contributed by atoms with Crippen LogP contribution in [-0.4, -0.2) is 32.6 Å². The van der Waals surface area contributed by atoms with E-state index in [-0.39, 0.29) is 11.8 Å². The molecule has 6 heteroatoms. The number of carbonyl (C=O) groups excluding carboxylic acids is 2. The van der Waals surface area contributed by atoms with Crippen molar-refractivity contribution in [2.24, 2.45) is 0 Å². The SMILES string of the molecule is CCC(=O)N1CCCc2ccc(NC(=O)c3cc(OC)cc(OC)c3)cc21. The van der Waals surface area contributed by atoms with Crippen molar-refractivity contribution in [3.63, 3.8) is 0 Å². The van der Waals surface area contributed by atoms with Gasteiger partial charge < -0.3 is 19.7 Å². The Bertz CT molecular complexity index is 841. The van der Waals surface area contributed by atoms with Gasteiger partial charge in [-0.2, -0.15) is 0 Å². The first kappa shape index (κ1) is 18.8. The first-order chi connectivity index (χ1) is 13.0. The van der Waals surface area contributed by atoms with Crippen LogP contribution in [0.15, 0.2) is 36.4 Å². The van der Waals surface area contributed by atoms with E-state index in [0.29, 0.717) is 35.7 Å². The van der Waals surface area contributed by atoms with E-state index < -0.39 is 0 Å². The maximum atomic E-state index is 12.7. The highest BCUT2D eigenvalue weighted by molar-refractivity contribution is 6.05. The molecule has 2 aromatic carbocycles. The second kappa shape index (κ2) is 8.12. The molecule has 142 valence electrons. The van der Waals surface area contributed by atoms with Crippen molar-refractivity contribution in [2.75, 3.05) is 31.0 Å². The molecular formula is C21H24N2O4. The van der Waals surface area contributed by atoms with Gasteiger partial charge in [0.25, 0.3) is 5.91 Å². The van der Waals surface area contributed by atoms with Gasteiger partial charge in [-0.25, -0.2) is 0 Å². The highest BCUT2D eigenvalue weighted by Gasteiger charge is 2.22. The summed E-state index contributed by atoms with van der Waals surface area (Å²) in [5.74, 6) is 0.919. The average molecular weight is 368 g/mol. The van der Waals surface area contributed by atoms with Gasteiger partial charge in [-0.05, 0) is 42.7 Å². The van der Waals surface area contributed by atoms with Crippen molar-refractivity contribution in [2.45, 2.75) is 26.2 Å². The Morgan fingerprint density at radius 1 is 1.07 bits per heavy atom. The van der Waals surface area contributed by atoms with E-state index in [4.69, 9.17) is 9.47 Å². The van der Waals surface area contributed by atoms with Crippen molar-refractivity contribution in [3.05, 3.63) is 47.5 Å². The van der Waals surface area contributed by atoms with E-state index in [2.05, 4.69) is 5.32 Å². The standard InChI is InChI=1S/C21H24N2O4/c1-4-20(24)23-9-5-6-14-7-8-16(12-19(14)23)22-21(25)15-10-17(26-2)13-18(11-15)27-3/h7-8,10-13H,4-6,9H2,1-3H3,(H,22,25). The minimum atomic E-state index is -0.267. The van der Waals surface area contributed by atoms with E-state index in [1.54, 1.807) is 32.4 Å². The van der Waals surface area contributed by atoms with Gasteiger partial charge in [-0.15, -0.1) is 0 Å². The Balaban J connectivity index is 1.86. The van der Waals surface area contributed by atoms with Crippen molar-refractivity contribution >= 4 is 23.2 Å². The lowest BCUT2D eigenvalue weighted by molar-refractivity contribution is -0.118. The first-order valence-electron chi connectivity index (χ1n) is 9.03. The zero-order chi connectivity index (χ0) is 19.4. The summed E-state index contributed by atoms with van der Waals surface area (Å²) < 4.78 is 10.4. The summed E-state index contributed by atoms with van der Waals surface area (Å²) in [7, 11) is 3.08. The minimum absolute atomic E-state index is 0.0944. The van der Waals surface area contributed by atoms with Crippen LogP contribution in [0.4, 0.5) is 11.4 Å². The number of fused-ring (bicyclic) bond motifs is 1. The molecule has 0 aliphatic carbocycles. The Kier molecular flexibility index (Phi) is 5.64. The summed E-state index contributed by atoms with van der Waals surface area (Å²) in [4.78, 5) is 26.7. The number of methoxy groups -OCH3 is 2. The van der Waals surface area contributed by atoms with Gasteiger partial charge in [0.1, 0.15) is 11.5 Å². The monoisotopic (exact) mass is 368 g/mol. The molecule has 2 amide bonds. The summed E-state index contributed by atoms with van der Waals surface area (Å²) in [6.45, 7) is 2.57. The quantitative estimate of drug-likeness (QED) is 0.875. The lowest BCUT2D eigenvalue weighted by Gasteiger charge is -2.29. The maximum Gasteiger partial charge on any atom is 0.255 e. The second-order valence-electron chi connectivity index (χ2n) is 6.40. The van der Waals surface area contributed by atoms with Crippen LogP contribution in [0.2, 0.25) is 0 Å². The fourth-order valence-electron chi connectivity index (χ4n) is 3.24. The van der Waals surface area contributed by atoms with Crippen LogP contribution < -0.4 is 19.7 Å². The van der Waals surface area contributed by atoms with Crippen molar-refractivity contribution in [1.29, 1.82) is 0 Å². The van der Waals surface area contributed by atoms with Crippen LogP contribution in [0.3, 0.4) is 0 Å². The number of carbonyl (C=O) groups is 2. The first-order valence-corrected chi connectivity index (χ1v) is 9.03. The number of amides is 2. The zero-order valence-electron chi connectivity index (χ0n) is 15.9. The predicted molar refractivity (Wildman–Crippen MR) is 105 cm³/mol. The minimum Gasteiger partial charge on any atom is -0.497 e. The number of hydrogen-bond acceptors (Lipinski definition) is 4. The predicted octanol–water partition coefficient (Wildman–Crippen LogP) is 3.65. The van der Waals surface area contributed by atoms with Gasteiger partial charge in [0.05, 0.1) is 14.2 Å². The fraction of sp³-hybridized carbons (Fsp3) is 0.333.